The van der Waals surface area contributed by atoms with E-state index in [0.717, 1.165) is 45.3 Å². The number of nitrogens with zero attached hydrogens (tertiary/aromatic N) is 1. The molecule has 0 aromatic heterocycles. The van der Waals surface area contributed by atoms with Gasteiger partial charge in [-0.05, 0) is 45.3 Å². The standard InChI is InChI=1S/C13H29N3O/c1-3-12(5-10-17)15-13(11-14)6-8-16(4-2)9-7-13/h12,15,17H,3-11,14H2,1-2H3. The quantitative estimate of drug-likeness (QED) is 0.611. The summed E-state index contributed by atoms with van der Waals surface area (Å²) in [6.07, 6.45) is 4.13. The van der Waals surface area contributed by atoms with Crippen LogP contribution in [0.25, 0.3) is 0 Å². The van der Waals surface area contributed by atoms with Gasteiger partial charge in [-0.25, -0.2) is 0 Å². The topological polar surface area (TPSA) is 61.5 Å². The van der Waals surface area contributed by atoms with Crippen LogP contribution in [-0.4, -0.2) is 54.4 Å². The Balaban J connectivity index is 2.51. The molecule has 0 aromatic carbocycles. The molecule has 1 aliphatic rings. The van der Waals surface area contributed by atoms with Crippen LogP contribution < -0.4 is 11.1 Å². The molecule has 4 nitrogen and oxygen atoms in total. The number of nitrogens with two attached hydrogens (primary N) is 1. The van der Waals surface area contributed by atoms with Gasteiger partial charge in [-0.1, -0.05) is 13.8 Å². The van der Waals surface area contributed by atoms with E-state index in [4.69, 9.17) is 10.8 Å². The van der Waals surface area contributed by atoms with E-state index in [2.05, 4.69) is 24.1 Å². The predicted octanol–water partition coefficient (Wildman–Crippen LogP) is 0.550. The second kappa shape index (κ2) is 7.31. The molecule has 4 N–H and O–H groups in total. The maximum Gasteiger partial charge on any atom is 0.0445 e. The van der Waals surface area contributed by atoms with Crippen molar-refractivity contribution in [3.8, 4) is 0 Å². The van der Waals surface area contributed by atoms with Crippen LogP contribution in [0.5, 0.6) is 0 Å². The molecule has 4 heteroatoms. The van der Waals surface area contributed by atoms with Crippen molar-refractivity contribution >= 4 is 0 Å². The van der Waals surface area contributed by atoms with E-state index in [9.17, 15) is 0 Å². The summed E-state index contributed by atoms with van der Waals surface area (Å²) in [7, 11) is 0. The Kier molecular flexibility index (Phi) is 6.41. The third kappa shape index (κ3) is 4.21. The highest BCUT2D eigenvalue weighted by Crippen LogP contribution is 2.22. The van der Waals surface area contributed by atoms with Crippen molar-refractivity contribution in [1.82, 2.24) is 10.2 Å². The number of nitrogens with one attached hydrogen (secondary N) is 1. The molecular formula is C13H29N3O. The molecule has 102 valence electrons. The number of rotatable bonds is 7. The Hall–Kier alpha value is -0.160. The SMILES string of the molecule is CCC(CCO)NC1(CN)CCN(CC)CC1. The monoisotopic (exact) mass is 243 g/mol. The molecule has 0 saturated carbocycles. The first-order valence-electron chi connectivity index (χ1n) is 7.00. The van der Waals surface area contributed by atoms with E-state index in [1.807, 2.05) is 0 Å². The van der Waals surface area contributed by atoms with Crippen LogP contribution in [0.4, 0.5) is 0 Å². The summed E-state index contributed by atoms with van der Waals surface area (Å²) in [5, 5.41) is 12.8. The number of aliphatic hydroxyl groups is 1. The molecule has 1 fully saturated rings. The van der Waals surface area contributed by atoms with E-state index < -0.39 is 0 Å². The summed E-state index contributed by atoms with van der Waals surface area (Å²) in [6, 6.07) is 0.400. The molecule has 1 aliphatic heterocycles. The molecule has 0 amide bonds. The summed E-state index contributed by atoms with van der Waals surface area (Å²) >= 11 is 0. The maximum atomic E-state index is 9.05. The van der Waals surface area contributed by atoms with E-state index in [-0.39, 0.29) is 12.1 Å². The van der Waals surface area contributed by atoms with Gasteiger partial charge in [-0.2, -0.15) is 0 Å². The summed E-state index contributed by atoms with van der Waals surface area (Å²) in [5.74, 6) is 0. The number of likely N-dealkylation sites (tertiary alicyclic amines) is 1. The lowest BCUT2D eigenvalue weighted by Gasteiger charge is -2.43. The zero-order valence-corrected chi connectivity index (χ0v) is 11.4. The molecule has 1 heterocycles. The lowest BCUT2D eigenvalue weighted by atomic mass is 9.86. The fraction of sp³-hybridized carbons (Fsp3) is 1.00. The Labute approximate surface area is 106 Å². The van der Waals surface area contributed by atoms with Crippen molar-refractivity contribution in [2.75, 3.05) is 32.8 Å². The Morgan fingerprint density at radius 3 is 2.41 bits per heavy atom. The van der Waals surface area contributed by atoms with Gasteiger partial charge in [-0.3, -0.25) is 0 Å². The van der Waals surface area contributed by atoms with Gasteiger partial charge >= 0.3 is 0 Å². The van der Waals surface area contributed by atoms with Crippen LogP contribution in [0.2, 0.25) is 0 Å². The van der Waals surface area contributed by atoms with Crippen LogP contribution in [-0.2, 0) is 0 Å². The number of aliphatic hydroxyl groups excluding tert-OH is 1. The average molecular weight is 243 g/mol. The lowest BCUT2D eigenvalue weighted by molar-refractivity contribution is 0.126. The molecule has 1 unspecified atom stereocenters. The Morgan fingerprint density at radius 2 is 2.00 bits per heavy atom. The highest BCUT2D eigenvalue weighted by molar-refractivity contribution is 4.96. The first-order chi connectivity index (χ1) is 8.19. The number of piperidine rings is 1. The first-order valence-corrected chi connectivity index (χ1v) is 7.00. The van der Waals surface area contributed by atoms with Gasteiger partial charge in [0.05, 0.1) is 0 Å². The number of hydrogen-bond donors (Lipinski definition) is 3. The average Bonchev–Trinajstić information content (AvgIpc) is 2.39. The van der Waals surface area contributed by atoms with Gasteiger partial charge in [0.2, 0.25) is 0 Å². The van der Waals surface area contributed by atoms with Gasteiger partial charge in [0.25, 0.3) is 0 Å². The molecule has 0 radical (unpaired) electrons. The second-order valence-electron chi connectivity index (χ2n) is 5.18. The van der Waals surface area contributed by atoms with Gasteiger partial charge in [0, 0.05) is 24.7 Å². The van der Waals surface area contributed by atoms with E-state index in [1.165, 1.54) is 0 Å². The molecule has 1 rings (SSSR count). The molecule has 1 saturated heterocycles. The third-order valence-corrected chi connectivity index (χ3v) is 4.13. The minimum atomic E-state index is 0.0987. The van der Waals surface area contributed by atoms with Crippen molar-refractivity contribution in [3.63, 3.8) is 0 Å². The highest BCUT2D eigenvalue weighted by Gasteiger charge is 2.34. The van der Waals surface area contributed by atoms with Gasteiger partial charge in [0.1, 0.15) is 0 Å². The van der Waals surface area contributed by atoms with Crippen molar-refractivity contribution in [2.45, 2.75) is 51.1 Å². The van der Waals surface area contributed by atoms with E-state index in [1.54, 1.807) is 0 Å². The summed E-state index contributed by atoms with van der Waals surface area (Å²) < 4.78 is 0. The Bertz CT molecular complexity index is 203. The fourth-order valence-electron chi connectivity index (χ4n) is 2.67. The zero-order chi connectivity index (χ0) is 12.7. The highest BCUT2D eigenvalue weighted by atomic mass is 16.3. The van der Waals surface area contributed by atoms with Crippen LogP contribution in [0.3, 0.4) is 0 Å². The summed E-state index contributed by atoms with van der Waals surface area (Å²) in [5.41, 5.74) is 6.08. The Morgan fingerprint density at radius 1 is 1.35 bits per heavy atom. The predicted molar refractivity (Wildman–Crippen MR) is 72.1 cm³/mol. The zero-order valence-electron chi connectivity index (χ0n) is 11.4. The minimum Gasteiger partial charge on any atom is -0.396 e. The van der Waals surface area contributed by atoms with Crippen LogP contribution in [0.15, 0.2) is 0 Å². The van der Waals surface area contributed by atoms with Crippen LogP contribution >= 0.6 is 0 Å². The largest absolute Gasteiger partial charge is 0.396 e. The molecule has 0 aromatic rings. The van der Waals surface area contributed by atoms with Crippen LogP contribution in [0.1, 0.15) is 39.5 Å². The van der Waals surface area contributed by atoms with Crippen LogP contribution in [0, 0.1) is 0 Å². The van der Waals surface area contributed by atoms with Gasteiger partial charge in [-0.15, -0.1) is 0 Å². The van der Waals surface area contributed by atoms with E-state index in [0.29, 0.717) is 12.6 Å². The normalized spacial score (nSPS) is 22.6. The fourth-order valence-corrected chi connectivity index (χ4v) is 2.67. The molecule has 0 spiro atoms. The van der Waals surface area contributed by atoms with Gasteiger partial charge < -0.3 is 21.1 Å². The smallest absolute Gasteiger partial charge is 0.0445 e. The van der Waals surface area contributed by atoms with Crippen molar-refractivity contribution in [3.05, 3.63) is 0 Å². The van der Waals surface area contributed by atoms with Crippen molar-refractivity contribution in [2.24, 2.45) is 5.73 Å². The second-order valence-corrected chi connectivity index (χ2v) is 5.18. The third-order valence-electron chi connectivity index (χ3n) is 4.13. The minimum absolute atomic E-state index is 0.0987. The molecular weight excluding hydrogens is 214 g/mol. The van der Waals surface area contributed by atoms with Crippen molar-refractivity contribution < 1.29 is 5.11 Å². The molecule has 0 aliphatic carbocycles. The number of hydrogen-bond acceptors (Lipinski definition) is 4. The molecule has 0 bridgehead atoms. The van der Waals surface area contributed by atoms with E-state index >= 15 is 0 Å². The van der Waals surface area contributed by atoms with Gasteiger partial charge in [0.15, 0.2) is 0 Å². The molecule has 1 atom stereocenters. The first kappa shape index (κ1) is 14.9. The van der Waals surface area contributed by atoms with Crippen molar-refractivity contribution in [1.29, 1.82) is 0 Å². The molecule has 17 heavy (non-hydrogen) atoms. The summed E-state index contributed by atoms with van der Waals surface area (Å²) in [6.45, 7) is 8.74. The summed E-state index contributed by atoms with van der Waals surface area (Å²) in [4.78, 5) is 2.47. The lowest BCUT2D eigenvalue weighted by Crippen LogP contribution is -2.60. The maximum absolute atomic E-state index is 9.05.